The Morgan fingerprint density at radius 1 is 0.720 bits per heavy atom. The Bertz CT molecular complexity index is 443. The zero-order valence-corrected chi connectivity index (χ0v) is 15.2. The predicted octanol–water partition coefficient (Wildman–Crippen LogP) is 7.26. The van der Waals surface area contributed by atoms with Gasteiger partial charge in [0.25, 0.3) is 0 Å². The molecule has 0 aliphatic carbocycles. The molecule has 0 heterocycles. The number of allylic oxidation sites excluding steroid dienone is 8. The van der Waals surface area contributed by atoms with E-state index >= 15 is 0 Å². The van der Waals surface area contributed by atoms with Crippen molar-refractivity contribution in [3.63, 3.8) is 0 Å². The number of alkyl halides is 3. The van der Waals surface area contributed by atoms with Crippen LogP contribution in [-0.2, 0) is 4.79 Å². The van der Waals surface area contributed by atoms with E-state index in [4.69, 9.17) is 0 Å². The molecule has 0 aliphatic heterocycles. The fourth-order valence-corrected chi connectivity index (χ4v) is 2.08. The average molecular weight is 356 g/mol. The summed E-state index contributed by atoms with van der Waals surface area (Å²) in [6.07, 6.45) is 19.8. The molecule has 0 saturated heterocycles. The number of unbranched alkanes of at least 4 members (excludes halogenated alkanes) is 4. The van der Waals surface area contributed by atoms with Gasteiger partial charge >= 0.3 is 6.18 Å². The molecule has 0 fully saturated rings. The van der Waals surface area contributed by atoms with Crippen LogP contribution in [0.1, 0.15) is 71.1 Å². The van der Waals surface area contributed by atoms with Crippen molar-refractivity contribution in [3.05, 3.63) is 48.6 Å². The maximum atomic E-state index is 12.0. The lowest BCUT2D eigenvalue weighted by Gasteiger charge is -2.02. The first-order valence-electron chi connectivity index (χ1n) is 9.18. The lowest BCUT2D eigenvalue weighted by Crippen LogP contribution is -2.22. The molecule has 0 amide bonds. The Hall–Kier alpha value is -1.58. The Morgan fingerprint density at radius 3 is 1.60 bits per heavy atom. The summed E-state index contributed by atoms with van der Waals surface area (Å²) in [7, 11) is 0. The van der Waals surface area contributed by atoms with Gasteiger partial charge in [0.2, 0.25) is 5.78 Å². The first kappa shape index (κ1) is 23.4. The lowest BCUT2D eigenvalue weighted by atomic mass is 10.1. The van der Waals surface area contributed by atoms with Crippen LogP contribution in [0.3, 0.4) is 0 Å². The van der Waals surface area contributed by atoms with Crippen LogP contribution in [0.25, 0.3) is 0 Å². The number of carbonyl (C=O) groups excluding carboxylic acids is 1. The van der Waals surface area contributed by atoms with Gasteiger partial charge in [0, 0.05) is 6.42 Å². The van der Waals surface area contributed by atoms with E-state index in [1.807, 2.05) is 18.2 Å². The minimum atomic E-state index is -4.69. The van der Waals surface area contributed by atoms with Gasteiger partial charge in [-0.05, 0) is 44.9 Å². The molecule has 0 aliphatic rings. The van der Waals surface area contributed by atoms with Crippen LogP contribution in [0.15, 0.2) is 48.6 Å². The van der Waals surface area contributed by atoms with E-state index in [1.54, 1.807) is 0 Å². The molecule has 0 aromatic heterocycles. The van der Waals surface area contributed by atoms with E-state index < -0.39 is 18.4 Å². The Morgan fingerprint density at radius 2 is 1.16 bits per heavy atom. The second-order valence-corrected chi connectivity index (χ2v) is 5.90. The van der Waals surface area contributed by atoms with Crippen LogP contribution in [0.5, 0.6) is 0 Å². The van der Waals surface area contributed by atoms with Crippen molar-refractivity contribution >= 4 is 5.78 Å². The van der Waals surface area contributed by atoms with Gasteiger partial charge in [0.05, 0.1) is 0 Å². The number of Topliss-reactive ketones (excluding diaryl/α,β-unsaturated/α-hetero) is 1. The summed E-state index contributed by atoms with van der Waals surface area (Å²) in [5.74, 6) is -1.64. The average Bonchev–Trinajstić information content (AvgIpc) is 2.56. The normalized spacial score (nSPS) is 13.1. The molecular formula is C21H31F3O. The van der Waals surface area contributed by atoms with Crippen LogP contribution in [-0.4, -0.2) is 12.0 Å². The van der Waals surface area contributed by atoms with Gasteiger partial charge in [0.1, 0.15) is 0 Å². The molecule has 142 valence electrons. The first-order valence-corrected chi connectivity index (χ1v) is 9.18. The van der Waals surface area contributed by atoms with Gasteiger partial charge < -0.3 is 0 Å². The number of halogens is 3. The highest BCUT2D eigenvalue weighted by atomic mass is 19.4. The molecule has 0 aromatic rings. The van der Waals surface area contributed by atoms with Crippen molar-refractivity contribution in [3.8, 4) is 0 Å². The van der Waals surface area contributed by atoms with Gasteiger partial charge in [0.15, 0.2) is 0 Å². The van der Waals surface area contributed by atoms with Gasteiger partial charge in [-0.15, -0.1) is 0 Å². The van der Waals surface area contributed by atoms with E-state index in [-0.39, 0.29) is 6.42 Å². The molecule has 0 unspecified atom stereocenters. The van der Waals surface area contributed by atoms with Crippen molar-refractivity contribution in [1.82, 2.24) is 0 Å². The minimum Gasteiger partial charge on any atom is -0.290 e. The maximum absolute atomic E-state index is 12.0. The molecular weight excluding hydrogens is 325 g/mol. The van der Waals surface area contributed by atoms with Crippen molar-refractivity contribution < 1.29 is 18.0 Å². The molecule has 0 rings (SSSR count). The number of rotatable bonds is 14. The van der Waals surface area contributed by atoms with Crippen LogP contribution in [0.4, 0.5) is 13.2 Å². The fourth-order valence-electron chi connectivity index (χ4n) is 2.08. The Balaban J connectivity index is 3.54. The molecule has 0 N–H and O–H groups in total. The predicted molar refractivity (Wildman–Crippen MR) is 99.5 cm³/mol. The Kier molecular flexibility index (Phi) is 14.9. The Labute approximate surface area is 150 Å². The van der Waals surface area contributed by atoms with Crippen LogP contribution in [0, 0.1) is 0 Å². The zero-order chi connectivity index (χ0) is 18.8. The summed E-state index contributed by atoms with van der Waals surface area (Å²) in [4.78, 5) is 10.7. The molecule has 0 radical (unpaired) electrons. The summed E-state index contributed by atoms with van der Waals surface area (Å²) < 4.78 is 35.9. The van der Waals surface area contributed by atoms with Gasteiger partial charge in [-0.25, -0.2) is 0 Å². The summed E-state index contributed by atoms with van der Waals surface area (Å²) >= 11 is 0. The maximum Gasteiger partial charge on any atom is 0.449 e. The molecule has 0 aromatic carbocycles. The van der Waals surface area contributed by atoms with Crippen molar-refractivity contribution in [2.45, 2.75) is 77.3 Å². The summed E-state index contributed by atoms with van der Waals surface area (Å²) in [5.41, 5.74) is 0. The van der Waals surface area contributed by atoms with Gasteiger partial charge in [-0.1, -0.05) is 68.4 Å². The van der Waals surface area contributed by atoms with E-state index in [0.717, 1.165) is 25.7 Å². The van der Waals surface area contributed by atoms with Crippen molar-refractivity contribution in [2.24, 2.45) is 0 Å². The number of hydrogen-bond acceptors (Lipinski definition) is 1. The van der Waals surface area contributed by atoms with Crippen LogP contribution >= 0.6 is 0 Å². The van der Waals surface area contributed by atoms with E-state index in [1.165, 1.54) is 19.3 Å². The topological polar surface area (TPSA) is 17.1 Å². The molecule has 0 spiro atoms. The lowest BCUT2D eigenvalue weighted by molar-refractivity contribution is -0.171. The number of ketones is 1. The van der Waals surface area contributed by atoms with Crippen LogP contribution < -0.4 is 0 Å². The van der Waals surface area contributed by atoms with E-state index in [9.17, 15) is 18.0 Å². The second-order valence-electron chi connectivity index (χ2n) is 5.90. The highest BCUT2D eigenvalue weighted by molar-refractivity contribution is 5.83. The molecule has 0 saturated carbocycles. The van der Waals surface area contributed by atoms with E-state index in [2.05, 4.69) is 37.3 Å². The second kappa shape index (κ2) is 15.9. The summed E-state index contributed by atoms with van der Waals surface area (Å²) in [6, 6.07) is 0. The summed E-state index contributed by atoms with van der Waals surface area (Å²) in [5, 5.41) is 0. The van der Waals surface area contributed by atoms with E-state index in [0.29, 0.717) is 6.42 Å². The van der Waals surface area contributed by atoms with Gasteiger partial charge in [-0.3, -0.25) is 4.79 Å². The molecule has 1 nitrogen and oxygen atoms in total. The quantitative estimate of drug-likeness (QED) is 0.236. The summed E-state index contributed by atoms with van der Waals surface area (Å²) in [6.45, 7) is 2.20. The molecule has 0 atom stereocenters. The van der Waals surface area contributed by atoms with Gasteiger partial charge in [-0.2, -0.15) is 13.2 Å². The number of carbonyl (C=O) groups is 1. The molecule has 25 heavy (non-hydrogen) atoms. The van der Waals surface area contributed by atoms with Crippen molar-refractivity contribution in [2.75, 3.05) is 0 Å². The minimum absolute atomic E-state index is 0.243. The highest BCUT2D eigenvalue weighted by Gasteiger charge is 2.36. The third-order valence-corrected chi connectivity index (χ3v) is 3.55. The third-order valence-electron chi connectivity index (χ3n) is 3.55. The highest BCUT2D eigenvalue weighted by Crippen LogP contribution is 2.19. The zero-order valence-electron chi connectivity index (χ0n) is 15.2. The number of hydrogen-bond donors (Lipinski definition) is 0. The first-order chi connectivity index (χ1) is 12.0. The fraction of sp³-hybridized carbons (Fsp3) is 0.571. The van der Waals surface area contributed by atoms with Crippen molar-refractivity contribution in [1.29, 1.82) is 0 Å². The monoisotopic (exact) mass is 356 g/mol. The molecule has 4 heteroatoms. The van der Waals surface area contributed by atoms with Crippen LogP contribution in [0.2, 0.25) is 0 Å². The standard InChI is InChI=1S/C21H31F3O/c1-2-3-4-5-6-7-8-9-10-11-12-13-14-15-16-17-18-19-20(25)21(22,23)24/h6-7,9-10,12-13,15-16H,2-5,8,11,14,17-19H2,1H3/b7-6+,10-9+,13-12+,16-15-. The molecule has 0 bridgehead atoms. The third kappa shape index (κ3) is 17.0. The largest absolute Gasteiger partial charge is 0.449 e. The SMILES string of the molecule is CCCCC/C=C/C/C=C/C/C=C/C/C=C\CCCC(=O)C(F)(F)F. The smallest absolute Gasteiger partial charge is 0.290 e.